The number of nitrogens with one attached hydrogen (secondary N) is 2. The maximum absolute atomic E-state index is 11.7. The second kappa shape index (κ2) is 6.58. The summed E-state index contributed by atoms with van der Waals surface area (Å²) < 4.78 is 1.79. The van der Waals surface area contributed by atoms with Crippen LogP contribution in [0, 0.1) is 0 Å². The van der Waals surface area contributed by atoms with Crippen LogP contribution in [0.25, 0.3) is 5.65 Å². The summed E-state index contributed by atoms with van der Waals surface area (Å²) in [4.78, 5) is 24.0. The number of carbonyl (C=O) groups excluding carboxylic acids is 2. The minimum Gasteiger partial charge on any atom is -0.277 e. The Bertz CT molecular complexity index is 800. The van der Waals surface area contributed by atoms with Crippen LogP contribution in [0.15, 0.2) is 47.1 Å². The number of pyridine rings is 1. The second-order valence-electron chi connectivity index (χ2n) is 4.18. The zero-order valence-corrected chi connectivity index (χ0v) is 12.9. The molecule has 0 unspecified atom stereocenters. The summed E-state index contributed by atoms with van der Waals surface area (Å²) in [5, 5.41) is 10.4. The molecule has 2 N–H and O–H groups in total. The fourth-order valence-corrected chi connectivity index (χ4v) is 3.02. The van der Waals surface area contributed by atoms with E-state index in [1.807, 2.05) is 24.4 Å². The summed E-state index contributed by atoms with van der Waals surface area (Å²) in [7, 11) is 0. The van der Waals surface area contributed by atoms with Gasteiger partial charge in [0.2, 0.25) is 5.91 Å². The molecule has 0 aromatic carbocycles. The Labute approximate surface area is 133 Å². The Kier molecular flexibility index (Phi) is 4.35. The Morgan fingerprint density at radius 1 is 1.18 bits per heavy atom. The molecule has 3 aromatic heterocycles. The lowest BCUT2D eigenvalue weighted by Gasteiger charge is -2.05. The number of rotatable bonds is 4. The van der Waals surface area contributed by atoms with Gasteiger partial charge >= 0.3 is 0 Å². The van der Waals surface area contributed by atoms with Crippen LogP contribution >= 0.6 is 23.1 Å². The molecule has 0 aliphatic heterocycles. The maximum atomic E-state index is 11.7. The molecule has 2 amide bonds. The van der Waals surface area contributed by atoms with Crippen LogP contribution in [0.1, 0.15) is 9.67 Å². The number of carbonyl (C=O) groups is 2. The molecule has 3 rings (SSSR count). The fraction of sp³-hybridized carbons (Fsp3) is 0.0769. The van der Waals surface area contributed by atoms with Crippen molar-refractivity contribution in [3.8, 4) is 0 Å². The van der Waals surface area contributed by atoms with E-state index in [2.05, 4.69) is 21.0 Å². The van der Waals surface area contributed by atoms with Gasteiger partial charge in [0.05, 0.1) is 10.6 Å². The van der Waals surface area contributed by atoms with Crippen LogP contribution in [0.4, 0.5) is 0 Å². The molecule has 0 fully saturated rings. The van der Waals surface area contributed by atoms with E-state index < -0.39 is 0 Å². The summed E-state index contributed by atoms with van der Waals surface area (Å²) in [6, 6.07) is 9.02. The molecule has 0 saturated carbocycles. The summed E-state index contributed by atoms with van der Waals surface area (Å²) >= 11 is 2.55. The summed E-state index contributed by atoms with van der Waals surface area (Å²) in [5.41, 5.74) is 5.46. The first-order valence-corrected chi connectivity index (χ1v) is 8.16. The lowest BCUT2D eigenvalue weighted by molar-refractivity contribution is -0.119. The van der Waals surface area contributed by atoms with Gasteiger partial charge in [-0.2, -0.15) is 0 Å². The van der Waals surface area contributed by atoms with E-state index in [1.165, 1.54) is 23.1 Å². The zero-order valence-electron chi connectivity index (χ0n) is 11.2. The van der Waals surface area contributed by atoms with Gasteiger partial charge in [-0.1, -0.05) is 23.9 Å². The first-order valence-electron chi connectivity index (χ1n) is 6.29. The molecule has 3 aromatic rings. The van der Waals surface area contributed by atoms with E-state index in [-0.39, 0.29) is 17.6 Å². The van der Waals surface area contributed by atoms with Crippen molar-refractivity contribution < 1.29 is 9.59 Å². The molecule has 7 nitrogen and oxygen atoms in total. The Balaban J connectivity index is 1.51. The lowest BCUT2D eigenvalue weighted by atomic mass is 10.4. The van der Waals surface area contributed by atoms with E-state index in [4.69, 9.17) is 0 Å². The number of thiophene rings is 1. The van der Waals surface area contributed by atoms with Gasteiger partial charge in [-0.25, -0.2) is 0 Å². The largest absolute Gasteiger partial charge is 0.279 e. The van der Waals surface area contributed by atoms with Crippen LogP contribution < -0.4 is 10.9 Å². The topological polar surface area (TPSA) is 88.4 Å². The number of hydrogen-bond donors (Lipinski definition) is 2. The molecule has 0 aliphatic rings. The van der Waals surface area contributed by atoms with Crippen molar-refractivity contribution in [2.75, 3.05) is 5.75 Å². The zero-order chi connectivity index (χ0) is 15.4. The molecule has 0 saturated heterocycles. The van der Waals surface area contributed by atoms with E-state index in [0.29, 0.717) is 10.0 Å². The average Bonchev–Trinajstić information content (AvgIpc) is 3.20. The van der Waals surface area contributed by atoms with Gasteiger partial charge < -0.3 is 0 Å². The van der Waals surface area contributed by atoms with Crippen LogP contribution in [-0.2, 0) is 4.79 Å². The van der Waals surface area contributed by atoms with Gasteiger partial charge in [0.25, 0.3) is 5.91 Å². The third kappa shape index (κ3) is 3.26. The van der Waals surface area contributed by atoms with Crippen LogP contribution in [-0.4, -0.2) is 32.2 Å². The monoisotopic (exact) mass is 333 g/mol. The van der Waals surface area contributed by atoms with Gasteiger partial charge in [0.1, 0.15) is 0 Å². The van der Waals surface area contributed by atoms with Crippen LogP contribution in [0.2, 0.25) is 0 Å². The molecule has 0 aliphatic carbocycles. The van der Waals surface area contributed by atoms with Crippen molar-refractivity contribution in [2.45, 2.75) is 5.16 Å². The van der Waals surface area contributed by atoms with Crippen molar-refractivity contribution in [1.29, 1.82) is 0 Å². The standard InChI is InChI=1S/C13H11N5O2S2/c19-11(15-16-12(20)9-4-3-7-21-9)8-22-13-17-14-10-5-1-2-6-18(10)13/h1-7H,8H2,(H,15,19)(H,16,20). The number of amides is 2. The molecule has 0 bridgehead atoms. The molecule has 9 heteroatoms. The molecule has 112 valence electrons. The molecule has 0 radical (unpaired) electrons. The minimum absolute atomic E-state index is 0.125. The van der Waals surface area contributed by atoms with Gasteiger partial charge in [0, 0.05) is 6.20 Å². The minimum atomic E-state index is -0.332. The second-order valence-corrected chi connectivity index (χ2v) is 6.07. The van der Waals surface area contributed by atoms with E-state index >= 15 is 0 Å². The fourth-order valence-electron chi connectivity index (χ4n) is 1.68. The quantitative estimate of drug-likeness (QED) is 0.556. The first kappa shape index (κ1) is 14.5. The predicted molar refractivity (Wildman–Crippen MR) is 83.6 cm³/mol. The van der Waals surface area contributed by atoms with E-state index in [0.717, 1.165) is 5.65 Å². The Hall–Kier alpha value is -2.39. The average molecular weight is 333 g/mol. The number of fused-ring (bicyclic) bond motifs is 1. The number of thioether (sulfide) groups is 1. The highest BCUT2D eigenvalue weighted by Crippen LogP contribution is 2.15. The third-order valence-corrected chi connectivity index (χ3v) is 4.49. The Morgan fingerprint density at radius 2 is 2.09 bits per heavy atom. The molecular weight excluding hydrogens is 322 g/mol. The third-order valence-electron chi connectivity index (χ3n) is 2.68. The highest BCUT2D eigenvalue weighted by atomic mass is 32.2. The molecule has 0 atom stereocenters. The van der Waals surface area contributed by atoms with Gasteiger partial charge in [0.15, 0.2) is 10.8 Å². The number of aromatic nitrogens is 3. The highest BCUT2D eigenvalue weighted by molar-refractivity contribution is 7.99. The van der Waals surface area contributed by atoms with E-state index in [1.54, 1.807) is 21.9 Å². The van der Waals surface area contributed by atoms with Gasteiger partial charge in [-0.05, 0) is 23.6 Å². The van der Waals surface area contributed by atoms with Gasteiger partial charge in [-0.3, -0.25) is 24.8 Å². The smallest absolute Gasteiger partial charge is 0.277 e. The number of hydrazine groups is 1. The summed E-state index contributed by atoms with van der Waals surface area (Å²) in [6.45, 7) is 0. The predicted octanol–water partition coefficient (Wildman–Crippen LogP) is 1.34. The molecule has 3 heterocycles. The van der Waals surface area contributed by atoms with Crippen molar-refractivity contribution in [1.82, 2.24) is 25.4 Å². The summed E-state index contributed by atoms with van der Waals surface area (Å²) in [5.74, 6) is -0.524. The first-order chi connectivity index (χ1) is 10.7. The van der Waals surface area contributed by atoms with Gasteiger partial charge in [-0.15, -0.1) is 21.5 Å². The normalized spacial score (nSPS) is 10.5. The lowest BCUT2D eigenvalue weighted by Crippen LogP contribution is -2.42. The van der Waals surface area contributed by atoms with Crippen LogP contribution in [0.5, 0.6) is 0 Å². The number of hydrogen-bond acceptors (Lipinski definition) is 6. The highest BCUT2D eigenvalue weighted by Gasteiger charge is 2.10. The Morgan fingerprint density at radius 3 is 2.91 bits per heavy atom. The van der Waals surface area contributed by atoms with Crippen molar-refractivity contribution in [3.05, 3.63) is 46.8 Å². The number of nitrogens with zero attached hydrogens (tertiary/aromatic N) is 3. The van der Waals surface area contributed by atoms with Crippen molar-refractivity contribution >= 4 is 40.6 Å². The van der Waals surface area contributed by atoms with Crippen molar-refractivity contribution in [2.24, 2.45) is 0 Å². The SMILES string of the molecule is O=C(CSc1nnc2ccccn12)NNC(=O)c1cccs1. The molecule has 22 heavy (non-hydrogen) atoms. The molecule has 0 spiro atoms. The maximum Gasteiger partial charge on any atom is 0.279 e. The van der Waals surface area contributed by atoms with Crippen molar-refractivity contribution in [3.63, 3.8) is 0 Å². The molecular formula is C13H11N5O2S2. The van der Waals surface area contributed by atoms with Crippen LogP contribution in [0.3, 0.4) is 0 Å². The summed E-state index contributed by atoms with van der Waals surface area (Å²) in [6.07, 6.45) is 1.83. The van der Waals surface area contributed by atoms with E-state index in [9.17, 15) is 9.59 Å².